The number of fused-ring (bicyclic) bond motifs is 2. The first-order valence-electron chi connectivity index (χ1n) is 18.8. The zero-order valence-electron chi connectivity index (χ0n) is 32.4. The Morgan fingerprint density at radius 3 is 1.33 bits per heavy atom. The van der Waals surface area contributed by atoms with Gasteiger partial charge in [0.05, 0.1) is 22.3 Å². The molecule has 14 N–H and O–H groups in total. The lowest BCUT2D eigenvalue weighted by Crippen LogP contribution is -2.35. The molecule has 0 saturated heterocycles. The number of aromatic hydroxyl groups is 14. The van der Waals surface area contributed by atoms with Crippen molar-refractivity contribution in [1.82, 2.24) is 0 Å². The fourth-order valence-corrected chi connectivity index (χ4v) is 7.56. The zero-order valence-corrected chi connectivity index (χ0v) is 32.4. The van der Waals surface area contributed by atoms with Crippen LogP contribution in [0.2, 0.25) is 0 Å². The Hall–Kier alpha value is -8.94. The first-order valence-corrected chi connectivity index (χ1v) is 18.8. The van der Waals surface area contributed by atoms with Gasteiger partial charge in [-0.1, -0.05) is 12.1 Å². The van der Waals surface area contributed by atoms with Crippen LogP contribution in [0.4, 0.5) is 0 Å². The van der Waals surface area contributed by atoms with E-state index in [4.69, 9.17) is 18.9 Å². The maximum Gasteiger partial charge on any atom is 0.338 e. The number of phenolic OH excluding ortho intramolecular Hbond substituents is 14. The normalized spacial score (nSPS) is 17.6. The van der Waals surface area contributed by atoms with Crippen molar-refractivity contribution in [3.63, 3.8) is 0 Å². The number of esters is 2. The summed E-state index contributed by atoms with van der Waals surface area (Å²) in [6.45, 7) is 0. The molecule has 20 nitrogen and oxygen atoms in total. The molecule has 330 valence electrons. The topological polar surface area (TPSA) is 354 Å². The number of ether oxygens (including phenoxy) is 4. The number of carbonyl (C=O) groups is 2. The van der Waals surface area contributed by atoms with E-state index < -0.39 is 158 Å². The number of rotatable bonds is 7. The summed E-state index contributed by atoms with van der Waals surface area (Å²) in [5.74, 6) is -13.4. The van der Waals surface area contributed by atoms with Crippen LogP contribution in [0.1, 0.15) is 55.2 Å². The number of benzene rings is 6. The second-order valence-corrected chi connectivity index (χ2v) is 14.8. The summed E-state index contributed by atoms with van der Waals surface area (Å²) in [5.41, 5.74) is -1.96. The molecule has 20 heteroatoms. The summed E-state index contributed by atoms with van der Waals surface area (Å²) in [4.78, 5) is 26.9. The summed E-state index contributed by atoms with van der Waals surface area (Å²) < 4.78 is 23.9. The van der Waals surface area contributed by atoms with Gasteiger partial charge in [-0.2, -0.15) is 0 Å². The van der Waals surface area contributed by atoms with E-state index in [2.05, 4.69) is 0 Å². The fourth-order valence-electron chi connectivity index (χ4n) is 7.56. The highest BCUT2D eigenvalue weighted by Crippen LogP contribution is 2.57. The van der Waals surface area contributed by atoms with E-state index in [0.29, 0.717) is 0 Å². The van der Waals surface area contributed by atoms with Crippen molar-refractivity contribution in [3.05, 3.63) is 106 Å². The summed E-state index contributed by atoms with van der Waals surface area (Å²) in [5, 5.41) is 147. The van der Waals surface area contributed by atoms with Crippen molar-refractivity contribution in [2.45, 2.75) is 37.3 Å². The molecule has 0 amide bonds. The van der Waals surface area contributed by atoms with Crippen LogP contribution in [-0.4, -0.2) is 95.6 Å². The van der Waals surface area contributed by atoms with Gasteiger partial charge < -0.3 is 90.4 Å². The molecule has 2 aliphatic rings. The Kier molecular flexibility index (Phi) is 10.1. The molecule has 64 heavy (non-hydrogen) atoms. The molecule has 0 spiro atoms. The van der Waals surface area contributed by atoms with Crippen LogP contribution in [0.3, 0.4) is 0 Å². The van der Waals surface area contributed by atoms with Crippen molar-refractivity contribution < 1.29 is 100 Å². The summed E-state index contributed by atoms with van der Waals surface area (Å²) >= 11 is 0. The largest absolute Gasteiger partial charge is 0.507 e. The molecular formula is C44H34O20. The smallest absolute Gasteiger partial charge is 0.338 e. The lowest BCUT2D eigenvalue weighted by molar-refractivity contribution is -0.0193. The van der Waals surface area contributed by atoms with Gasteiger partial charge in [-0.3, -0.25) is 0 Å². The van der Waals surface area contributed by atoms with Crippen molar-refractivity contribution in [3.8, 4) is 103 Å². The predicted octanol–water partition coefficient (Wildman–Crippen LogP) is 5.04. The molecule has 6 aromatic rings. The molecular weight excluding hydrogens is 848 g/mol. The van der Waals surface area contributed by atoms with Crippen molar-refractivity contribution in [1.29, 1.82) is 0 Å². The minimum atomic E-state index is -1.47. The van der Waals surface area contributed by atoms with Crippen molar-refractivity contribution in [2.75, 3.05) is 0 Å². The van der Waals surface area contributed by atoms with E-state index in [1.165, 1.54) is 12.1 Å². The van der Waals surface area contributed by atoms with Crippen molar-refractivity contribution >= 4 is 11.9 Å². The molecule has 0 saturated carbocycles. The average Bonchev–Trinajstić information content (AvgIpc) is 3.24. The quantitative estimate of drug-likeness (QED) is 0.0737. The standard InChI is InChI=1S/C44H34O20/c45-21-3-1-15(5-24(21)48)40-34(63-44(60)18-9-30(54)39(58)31(55)10-18)12-20-32(61-40)14-27(51)35(37(20)56)36-26(50)13-23(47)19-11-33(62-43(59)17-7-28(52)38(57)29(53)8-17)41(64-42(19)36)16-2-4-22(46)25(49)6-16/h1-10,13-14,33-34,40-41,45-58H,11-12H2/t33-,34-,40+,41+/m0/s1. The van der Waals surface area contributed by atoms with Gasteiger partial charge in [0.25, 0.3) is 0 Å². The average molecular weight is 883 g/mol. The molecule has 2 aliphatic heterocycles. The van der Waals surface area contributed by atoms with Crippen LogP contribution in [0.25, 0.3) is 11.1 Å². The lowest BCUT2D eigenvalue weighted by atomic mass is 9.87. The summed E-state index contributed by atoms with van der Waals surface area (Å²) in [6.07, 6.45) is -6.57. The number of hydrogen-bond acceptors (Lipinski definition) is 20. The van der Waals surface area contributed by atoms with Gasteiger partial charge in [0.15, 0.2) is 69.7 Å². The molecule has 0 aromatic heterocycles. The highest BCUT2D eigenvalue weighted by molar-refractivity contribution is 5.93. The van der Waals surface area contributed by atoms with Gasteiger partial charge in [0, 0.05) is 47.2 Å². The van der Waals surface area contributed by atoms with Gasteiger partial charge in [0.1, 0.15) is 46.7 Å². The number of carbonyl (C=O) groups excluding carboxylic acids is 2. The molecule has 2 heterocycles. The van der Waals surface area contributed by atoms with E-state index in [9.17, 15) is 81.1 Å². The Morgan fingerprint density at radius 1 is 0.422 bits per heavy atom. The lowest BCUT2D eigenvalue weighted by Gasteiger charge is -2.36. The third kappa shape index (κ3) is 7.23. The Morgan fingerprint density at radius 2 is 0.859 bits per heavy atom. The third-order valence-electron chi connectivity index (χ3n) is 10.7. The van der Waals surface area contributed by atoms with Gasteiger partial charge in [-0.15, -0.1) is 0 Å². The first-order chi connectivity index (χ1) is 30.3. The van der Waals surface area contributed by atoms with Gasteiger partial charge in [-0.25, -0.2) is 9.59 Å². The maximum absolute atomic E-state index is 13.5. The van der Waals surface area contributed by atoms with Gasteiger partial charge in [-0.05, 0) is 48.5 Å². The summed E-state index contributed by atoms with van der Waals surface area (Å²) in [6, 6.07) is 12.1. The van der Waals surface area contributed by atoms with E-state index in [1.807, 2.05) is 0 Å². The SMILES string of the molecule is O=C(O[C@H]1Cc2c(cc(O)c(-c3c(O)cc(O)c4c3O[C@H](c3ccc(O)c(O)c3)[C@@H](OC(=O)c3cc(O)c(O)c(O)c3)C4)c2O)O[C@@H]1c1ccc(O)c(O)c1)c1cc(O)c(O)c(O)c1. The molecule has 0 aliphatic carbocycles. The Bertz CT molecular complexity index is 2880. The molecule has 6 aromatic carbocycles. The molecule has 0 radical (unpaired) electrons. The minimum absolute atomic E-state index is 0.0439. The minimum Gasteiger partial charge on any atom is -0.507 e. The Labute approximate surface area is 358 Å². The third-order valence-corrected chi connectivity index (χ3v) is 10.7. The van der Waals surface area contributed by atoms with E-state index in [0.717, 1.165) is 60.7 Å². The molecule has 0 bridgehead atoms. The van der Waals surface area contributed by atoms with E-state index in [1.54, 1.807) is 0 Å². The second-order valence-electron chi connectivity index (χ2n) is 14.8. The van der Waals surface area contributed by atoms with Crippen molar-refractivity contribution in [2.24, 2.45) is 0 Å². The predicted molar refractivity (Wildman–Crippen MR) is 214 cm³/mol. The fraction of sp³-hybridized carbons (Fsp3) is 0.136. The number of hydrogen-bond donors (Lipinski definition) is 14. The summed E-state index contributed by atoms with van der Waals surface area (Å²) in [7, 11) is 0. The molecule has 0 unspecified atom stereocenters. The maximum atomic E-state index is 13.5. The van der Waals surface area contributed by atoms with Crippen LogP contribution in [0, 0.1) is 0 Å². The van der Waals surface area contributed by atoms with Crippen LogP contribution < -0.4 is 9.47 Å². The Balaban J connectivity index is 1.23. The second kappa shape index (κ2) is 15.5. The van der Waals surface area contributed by atoms with E-state index >= 15 is 0 Å². The van der Waals surface area contributed by atoms with Crippen LogP contribution in [-0.2, 0) is 22.3 Å². The highest BCUT2D eigenvalue weighted by Gasteiger charge is 2.42. The number of phenols is 14. The van der Waals surface area contributed by atoms with E-state index in [-0.39, 0.29) is 28.0 Å². The molecule has 0 fully saturated rings. The zero-order chi connectivity index (χ0) is 46.0. The van der Waals surface area contributed by atoms with Crippen LogP contribution in [0.15, 0.2) is 72.8 Å². The molecule has 4 atom stereocenters. The molecule has 8 rings (SSSR count). The van der Waals surface area contributed by atoms with Crippen LogP contribution >= 0.6 is 0 Å². The van der Waals surface area contributed by atoms with Gasteiger partial charge >= 0.3 is 11.9 Å². The first kappa shape index (κ1) is 41.8. The monoisotopic (exact) mass is 882 g/mol. The highest BCUT2D eigenvalue weighted by atomic mass is 16.6. The van der Waals surface area contributed by atoms with Crippen LogP contribution in [0.5, 0.6) is 92.0 Å². The van der Waals surface area contributed by atoms with Gasteiger partial charge in [0.2, 0.25) is 0 Å².